The number of hydrogen-bond acceptors (Lipinski definition) is 4. The molecular weight excluding hydrogens is 389 g/mol. The molecule has 8 heteroatoms. The van der Waals surface area contributed by atoms with Gasteiger partial charge in [-0.2, -0.15) is 0 Å². The van der Waals surface area contributed by atoms with Crippen molar-refractivity contribution in [2.45, 2.75) is 26.3 Å². The Balaban J connectivity index is 2.33. The van der Waals surface area contributed by atoms with Crippen molar-refractivity contribution in [2.75, 3.05) is 0 Å². The average Bonchev–Trinajstić information content (AvgIpc) is 2.74. The van der Waals surface area contributed by atoms with Gasteiger partial charge in [0.25, 0.3) is 5.91 Å². The fraction of sp³-hybridized carbons (Fsp3) is 0.312. The molecule has 2 rings (SSSR count). The number of thiocarbonyl (C=S) groups is 1. The van der Waals surface area contributed by atoms with E-state index < -0.39 is 17.9 Å². The molecule has 1 amide bonds. The van der Waals surface area contributed by atoms with E-state index in [0.29, 0.717) is 26.9 Å². The van der Waals surface area contributed by atoms with Crippen molar-refractivity contribution in [2.24, 2.45) is 5.92 Å². The van der Waals surface area contributed by atoms with E-state index in [2.05, 4.69) is 0 Å². The summed E-state index contributed by atoms with van der Waals surface area (Å²) in [6.45, 7) is 3.80. The van der Waals surface area contributed by atoms with E-state index in [4.69, 9.17) is 35.4 Å². The first-order chi connectivity index (χ1) is 11.2. The van der Waals surface area contributed by atoms with E-state index in [1.807, 2.05) is 13.8 Å². The van der Waals surface area contributed by atoms with Crippen molar-refractivity contribution in [3.05, 3.63) is 38.7 Å². The summed E-state index contributed by atoms with van der Waals surface area (Å²) < 4.78 is 0.240. The van der Waals surface area contributed by atoms with Gasteiger partial charge in [-0.3, -0.25) is 9.69 Å². The van der Waals surface area contributed by atoms with Crippen LogP contribution in [0.15, 0.2) is 23.1 Å². The summed E-state index contributed by atoms with van der Waals surface area (Å²) in [4.78, 5) is 25.7. The van der Waals surface area contributed by atoms with Crippen LogP contribution in [0.4, 0.5) is 0 Å². The molecule has 1 N–H and O–H groups in total. The van der Waals surface area contributed by atoms with Gasteiger partial charge in [0.15, 0.2) is 0 Å². The summed E-state index contributed by atoms with van der Waals surface area (Å²) in [5.74, 6) is -1.36. The Morgan fingerprint density at radius 3 is 2.62 bits per heavy atom. The van der Waals surface area contributed by atoms with Gasteiger partial charge in [0.1, 0.15) is 10.4 Å². The predicted octanol–water partition coefficient (Wildman–Crippen LogP) is 4.69. The normalized spacial score (nSPS) is 17.9. The molecule has 1 unspecified atom stereocenters. The van der Waals surface area contributed by atoms with Crippen LogP contribution in [0.5, 0.6) is 0 Å². The highest BCUT2D eigenvalue weighted by molar-refractivity contribution is 8.26. The number of carboxylic acids is 1. The van der Waals surface area contributed by atoms with Crippen molar-refractivity contribution in [3.63, 3.8) is 0 Å². The zero-order valence-corrected chi connectivity index (χ0v) is 16.1. The van der Waals surface area contributed by atoms with Crippen LogP contribution in [0, 0.1) is 5.92 Å². The van der Waals surface area contributed by atoms with Gasteiger partial charge in [-0.1, -0.05) is 67.1 Å². The van der Waals surface area contributed by atoms with Crippen molar-refractivity contribution in [1.29, 1.82) is 0 Å². The molecule has 1 aliphatic rings. The fourth-order valence-corrected chi connectivity index (χ4v) is 4.08. The van der Waals surface area contributed by atoms with Crippen LogP contribution < -0.4 is 0 Å². The SMILES string of the molecule is CC(C)CC(C(=O)O)N1C(=O)/C(=C\c2ccc(Cl)cc2Cl)SC1=S. The second-order valence-corrected chi connectivity index (χ2v) is 8.22. The molecule has 1 aromatic carbocycles. The largest absolute Gasteiger partial charge is 0.480 e. The molecule has 1 saturated heterocycles. The molecule has 1 heterocycles. The van der Waals surface area contributed by atoms with E-state index in [1.165, 1.54) is 4.90 Å². The fourth-order valence-electron chi connectivity index (χ4n) is 2.27. The summed E-state index contributed by atoms with van der Waals surface area (Å²) in [5.41, 5.74) is 0.623. The first-order valence-corrected chi connectivity index (χ1v) is 9.13. The highest BCUT2D eigenvalue weighted by Crippen LogP contribution is 2.36. The number of carboxylic acid groups (broad SMARTS) is 1. The van der Waals surface area contributed by atoms with Gasteiger partial charge < -0.3 is 5.11 Å². The minimum absolute atomic E-state index is 0.116. The molecule has 0 spiro atoms. The van der Waals surface area contributed by atoms with Crippen LogP contribution in [0.2, 0.25) is 10.0 Å². The average molecular weight is 404 g/mol. The Morgan fingerprint density at radius 2 is 2.08 bits per heavy atom. The molecule has 1 fully saturated rings. The predicted molar refractivity (Wildman–Crippen MR) is 102 cm³/mol. The summed E-state index contributed by atoms with van der Waals surface area (Å²) in [6, 6.07) is 3.97. The lowest BCUT2D eigenvalue weighted by Crippen LogP contribution is -2.44. The van der Waals surface area contributed by atoms with E-state index >= 15 is 0 Å². The Kier molecular flexibility index (Phi) is 6.31. The number of amides is 1. The molecule has 24 heavy (non-hydrogen) atoms. The quantitative estimate of drug-likeness (QED) is 0.570. The Hall–Kier alpha value is -1.08. The lowest BCUT2D eigenvalue weighted by molar-refractivity contribution is -0.145. The minimum atomic E-state index is -1.06. The van der Waals surface area contributed by atoms with Gasteiger partial charge in [-0.25, -0.2) is 4.79 Å². The molecule has 4 nitrogen and oxygen atoms in total. The first kappa shape index (κ1) is 19.2. The highest BCUT2D eigenvalue weighted by atomic mass is 35.5. The number of benzene rings is 1. The third-order valence-corrected chi connectivity index (χ3v) is 5.26. The van der Waals surface area contributed by atoms with Crippen molar-refractivity contribution >= 4 is 69.5 Å². The Labute approximate surface area is 159 Å². The zero-order valence-electron chi connectivity index (χ0n) is 13.0. The van der Waals surface area contributed by atoms with Crippen LogP contribution in [-0.2, 0) is 9.59 Å². The molecular formula is C16H15Cl2NO3S2. The van der Waals surface area contributed by atoms with Crippen LogP contribution in [-0.4, -0.2) is 32.2 Å². The van der Waals surface area contributed by atoms with Gasteiger partial charge >= 0.3 is 5.97 Å². The van der Waals surface area contributed by atoms with Crippen molar-refractivity contribution in [1.82, 2.24) is 4.90 Å². The maximum Gasteiger partial charge on any atom is 0.326 e. The van der Waals surface area contributed by atoms with Crippen molar-refractivity contribution in [3.8, 4) is 0 Å². The maximum absolute atomic E-state index is 12.6. The van der Waals surface area contributed by atoms with Gasteiger partial charge in [-0.05, 0) is 36.1 Å². The van der Waals surface area contributed by atoms with E-state index in [9.17, 15) is 14.7 Å². The van der Waals surface area contributed by atoms with Gasteiger partial charge in [0.05, 0.1) is 4.91 Å². The number of rotatable bonds is 5. The number of carbonyl (C=O) groups is 2. The number of thioether (sulfide) groups is 1. The summed E-state index contributed by atoms with van der Waals surface area (Å²) in [6.07, 6.45) is 1.93. The van der Waals surface area contributed by atoms with E-state index in [-0.39, 0.29) is 10.2 Å². The molecule has 1 aliphatic heterocycles. The molecule has 0 radical (unpaired) electrons. The smallest absolute Gasteiger partial charge is 0.326 e. The van der Waals surface area contributed by atoms with Gasteiger partial charge in [0.2, 0.25) is 0 Å². The summed E-state index contributed by atoms with van der Waals surface area (Å²) >= 11 is 18.3. The van der Waals surface area contributed by atoms with E-state index in [0.717, 1.165) is 11.8 Å². The number of nitrogens with zero attached hydrogens (tertiary/aromatic N) is 1. The van der Waals surface area contributed by atoms with Crippen LogP contribution in [0.25, 0.3) is 6.08 Å². The highest BCUT2D eigenvalue weighted by Gasteiger charge is 2.40. The van der Waals surface area contributed by atoms with Crippen LogP contribution >= 0.6 is 47.2 Å². The molecule has 128 valence electrons. The third kappa shape index (κ3) is 4.30. The topological polar surface area (TPSA) is 57.6 Å². The lowest BCUT2D eigenvalue weighted by Gasteiger charge is -2.24. The molecule has 1 atom stereocenters. The number of halogens is 2. The number of hydrogen-bond donors (Lipinski definition) is 1. The number of aliphatic carboxylic acids is 1. The maximum atomic E-state index is 12.6. The lowest BCUT2D eigenvalue weighted by atomic mass is 10.0. The monoisotopic (exact) mass is 403 g/mol. The first-order valence-electron chi connectivity index (χ1n) is 7.15. The molecule has 0 aromatic heterocycles. The Morgan fingerprint density at radius 1 is 1.42 bits per heavy atom. The molecule has 1 aromatic rings. The second-order valence-electron chi connectivity index (χ2n) is 5.70. The molecule has 0 saturated carbocycles. The summed E-state index contributed by atoms with van der Waals surface area (Å²) in [7, 11) is 0. The zero-order chi connectivity index (χ0) is 18.0. The summed E-state index contributed by atoms with van der Waals surface area (Å²) in [5, 5.41) is 10.4. The van der Waals surface area contributed by atoms with Crippen LogP contribution in [0.1, 0.15) is 25.8 Å². The van der Waals surface area contributed by atoms with Crippen LogP contribution in [0.3, 0.4) is 0 Å². The standard InChI is InChI=1S/C16H15Cl2NO3S2/c1-8(2)5-12(15(21)22)19-14(20)13(24-16(19)23)6-9-3-4-10(17)7-11(9)18/h3-4,6-8,12H,5H2,1-2H3,(H,21,22)/b13-6+. The van der Waals surface area contributed by atoms with Gasteiger partial charge in [0, 0.05) is 10.0 Å². The second kappa shape index (κ2) is 7.87. The minimum Gasteiger partial charge on any atom is -0.480 e. The third-order valence-electron chi connectivity index (χ3n) is 3.36. The molecule has 0 bridgehead atoms. The van der Waals surface area contributed by atoms with E-state index in [1.54, 1.807) is 24.3 Å². The number of carbonyl (C=O) groups excluding carboxylic acids is 1. The van der Waals surface area contributed by atoms with Crippen molar-refractivity contribution < 1.29 is 14.7 Å². The Bertz CT molecular complexity index is 734. The molecule has 0 aliphatic carbocycles. The van der Waals surface area contributed by atoms with Gasteiger partial charge in [-0.15, -0.1) is 0 Å².